The van der Waals surface area contributed by atoms with Crippen LogP contribution < -0.4 is 4.74 Å². The Kier molecular flexibility index (Phi) is 6.55. The van der Waals surface area contributed by atoms with Crippen LogP contribution in [0.5, 0.6) is 5.75 Å². The number of ether oxygens (including phenoxy) is 1. The monoisotopic (exact) mass is 369 g/mol. The van der Waals surface area contributed by atoms with Crippen LogP contribution in [0.3, 0.4) is 0 Å². The lowest BCUT2D eigenvalue weighted by atomic mass is 9.92. The number of hydrogen-bond donors (Lipinski definition) is 1. The smallest absolute Gasteiger partial charge is 0.407 e. The topological polar surface area (TPSA) is 49.8 Å². The number of rotatable bonds is 6. The van der Waals surface area contributed by atoms with Crippen LogP contribution in [-0.2, 0) is 0 Å². The molecule has 0 aliphatic carbocycles. The zero-order valence-corrected chi connectivity index (χ0v) is 14.6. The van der Waals surface area contributed by atoms with Crippen molar-refractivity contribution in [2.45, 2.75) is 39.0 Å². The van der Waals surface area contributed by atoms with Crippen molar-refractivity contribution in [3.05, 3.63) is 28.2 Å². The van der Waals surface area contributed by atoms with Gasteiger partial charge >= 0.3 is 6.09 Å². The van der Waals surface area contributed by atoms with Gasteiger partial charge in [0.05, 0.1) is 6.61 Å². The number of benzene rings is 1. The number of likely N-dealkylation sites (tertiary alicyclic amines) is 1. The van der Waals surface area contributed by atoms with Crippen LogP contribution in [0.25, 0.3) is 0 Å². The Bertz CT molecular complexity index is 499. The quantitative estimate of drug-likeness (QED) is 0.739. The SMILES string of the molecule is Cc1c(Br)cccc1OCCCCC1CCN(C(=O)O)CC1. The Hall–Kier alpha value is -1.23. The van der Waals surface area contributed by atoms with Gasteiger partial charge in [0.25, 0.3) is 0 Å². The lowest BCUT2D eigenvalue weighted by molar-refractivity contribution is 0.122. The first-order valence-corrected chi connectivity index (χ1v) is 8.73. The van der Waals surface area contributed by atoms with Crippen molar-refractivity contribution in [3.63, 3.8) is 0 Å². The molecule has 0 aromatic heterocycles. The predicted molar refractivity (Wildman–Crippen MR) is 90.5 cm³/mol. The highest BCUT2D eigenvalue weighted by Gasteiger charge is 2.21. The van der Waals surface area contributed by atoms with Gasteiger partial charge in [0.1, 0.15) is 5.75 Å². The minimum atomic E-state index is -0.781. The van der Waals surface area contributed by atoms with E-state index in [-0.39, 0.29) is 0 Å². The summed E-state index contributed by atoms with van der Waals surface area (Å²) in [6.45, 7) is 4.17. The molecule has 1 aromatic rings. The summed E-state index contributed by atoms with van der Waals surface area (Å²) in [4.78, 5) is 12.4. The van der Waals surface area contributed by atoms with Gasteiger partial charge in [-0.1, -0.05) is 28.4 Å². The van der Waals surface area contributed by atoms with Gasteiger partial charge in [-0.05, 0) is 50.7 Å². The second-order valence-corrected chi connectivity index (χ2v) is 6.77. The molecule has 1 aliphatic heterocycles. The summed E-state index contributed by atoms with van der Waals surface area (Å²) in [6.07, 6.45) is 4.58. The van der Waals surface area contributed by atoms with Crippen molar-refractivity contribution in [1.29, 1.82) is 0 Å². The first kappa shape index (κ1) is 17.1. The lowest BCUT2D eigenvalue weighted by Crippen LogP contribution is -2.37. The zero-order chi connectivity index (χ0) is 15.9. The van der Waals surface area contributed by atoms with Gasteiger partial charge in [-0.25, -0.2) is 4.79 Å². The molecule has 1 amide bonds. The maximum Gasteiger partial charge on any atom is 0.407 e. The molecule has 4 nitrogen and oxygen atoms in total. The first-order chi connectivity index (χ1) is 10.6. The Labute approximate surface area is 140 Å². The fraction of sp³-hybridized carbons (Fsp3) is 0.588. The van der Waals surface area contributed by atoms with Crippen molar-refractivity contribution in [2.24, 2.45) is 5.92 Å². The molecule has 2 rings (SSSR count). The largest absolute Gasteiger partial charge is 0.493 e. The molecule has 1 N–H and O–H groups in total. The molecular formula is C17H24BrNO3. The Morgan fingerprint density at radius 1 is 1.36 bits per heavy atom. The second-order valence-electron chi connectivity index (χ2n) is 5.92. The first-order valence-electron chi connectivity index (χ1n) is 7.93. The minimum absolute atomic E-state index is 0.670. The highest BCUT2D eigenvalue weighted by molar-refractivity contribution is 9.10. The number of amides is 1. The standard InChI is InChI=1S/C17H24BrNO3/c1-13-15(18)6-4-7-16(13)22-12-3-2-5-14-8-10-19(11-9-14)17(20)21/h4,6-7,14H,2-3,5,8-12H2,1H3,(H,20,21). The van der Waals surface area contributed by atoms with E-state index in [9.17, 15) is 4.79 Å². The molecule has 1 aromatic carbocycles. The fourth-order valence-corrected chi connectivity index (χ4v) is 3.22. The van der Waals surface area contributed by atoms with E-state index >= 15 is 0 Å². The van der Waals surface area contributed by atoms with E-state index in [0.29, 0.717) is 19.0 Å². The Morgan fingerprint density at radius 2 is 2.09 bits per heavy atom. The van der Waals surface area contributed by atoms with E-state index in [1.165, 1.54) is 11.3 Å². The Balaban J connectivity index is 1.60. The van der Waals surface area contributed by atoms with Crippen LogP contribution in [-0.4, -0.2) is 35.8 Å². The Morgan fingerprint density at radius 3 is 2.77 bits per heavy atom. The van der Waals surface area contributed by atoms with Gasteiger partial charge in [0, 0.05) is 23.1 Å². The normalized spacial score (nSPS) is 15.8. The van der Waals surface area contributed by atoms with Crippen molar-refractivity contribution >= 4 is 22.0 Å². The van der Waals surface area contributed by atoms with E-state index < -0.39 is 6.09 Å². The van der Waals surface area contributed by atoms with Crippen molar-refractivity contribution < 1.29 is 14.6 Å². The molecule has 0 bridgehead atoms. The maximum atomic E-state index is 10.9. The molecule has 0 unspecified atom stereocenters. The van der Waals surface area contributed by atoms with E-state index in [2.05, 4.69) is 22.9 Å². The summed E-state index contributed by atoms with van der Waals surface area (Å²) in [7, 11) is 0. The van der Waals surface area contributed by atoms with Crippen LogP contribution in [0.2, 0.25) is 0 Å². The van der Waals surface area contributed by atoms with E-state index in [0.717, 1.165) is 48.1 Å². The van der Waals surface area contributed by atoms with Crippen molar-refractivity contribution in [1.82, 2.24) is 4.90 Å². The summed E-state index contributed by atoms with van der Waals surface area (Å²) in [6, 6.07) is 6.01. The maximum absolute atomic E-state index is 10.9. The van der Waals surface area contributed by atoms with E-state index in [4.69, 9.17) is 9.84 Å². The summed E-state index contributed by atoms with van der Waals surface area (Å²) in [5.41, 5.74) is 1.14. The third-order valence-electron chi connectivity index (χ3n) is 4.37. The summed E-state index contributed by atoms with van der Waals surface area (Å²) >= 11 is 3.51. The second kappa shape index (κ2) is 8.42. The third-order valence-corrected chi connectivity index (χ3v) is 5.23. The van der Waals surface area contributed by atoms with Gasteiger partial charge in [-0.3, -0.25) is 0 Å². The van der Waals surface area contributed by atoms with E-state index in [1.54, 1.807) is 0 Å². The van der Waals surface area contributed by atoms with E-state index in [1.807, 2.05) is 18.2 Å². The highest BCUT2D eigenvalue weighted by Crippen LogP contribution is 2.26. The molecule has 5 heteroatoms. The van der Waals surface area contributed by atoms with Crippen LogP contribution in [0.1, 0.15) is 37.7 Å². The number of hydrogen-bond acceptors (Lipinski definition) is 2. The number of carbonyl (C=O) groups is 1. The van der Waals surface area contributed by atoms with Gasteiger partial charge in [-0.2, -0.15) is 0 Å². The van der Waals surface area contributed by atoms with Gasteiger partial charge in [-0.15, -0.1) is 0 Å². The average Bonchev–Trinajstić information content (AvgIpc) is 2.51. The molecule has 1 heterocycles. The van der Waals surface area contributed by atoms with Gasteiger partial charge in [0.15, 0.2) is 0 Å². The highest BCUT2D eigenvalue weighted by atomic mass is 79.9. The molecule has 0 radical (unpaired) electrons. The number of carboxylic acid groups (broad SMARTS) is 1. The molecule has 1 fully saturated rings. The van der Waals surface area contributed by atoms with Crippen LogP contribution in [0.15, 0.2) is 22.7 Å². The molecule has 1 aliphatic rings. The molecule has 0 saturated carbocycles. The predicted octanol–water partition coefficient (Wildman–Crippen LogP) is 4.70. The van der Waals surface area contributed by atoms with Crippen molar-refractivity contribution in [2.75, 3.05) is 19.7 Å². The molecule has 22 heavy (non-hydrogen) atoms. The number of nitrogens with zero attached hydrogens (tertiary/aromatic N) is 1. The molecule has 1 saturated heterocycles. The molecule has 122 valence electrons. The van der Waals surface area contributed by atoms with Crippen molar-refractivity contribution in [3.8, 4) is 5.75 Å². The average molecular weight is 370 g/mol. The zero-order valence-electron chi connectivity index (χ0n) is 13.1. The van der Waals surface area contributed by atoms with Crippen LogP contribution in [0.4, 0.5) is 4.79 Å². The fourth-order valence-electron chi connectivity index (χ4n) is 2.87. The van der Waals surface area contributed by atoms with Crippen LogP contribution >= 0.6 is 15.9 Å². The minimum Gasteiger partial charge on any atom is -0.493 e. The molecule has 0 atom stereocenters. The summed E-state index contributed by atoms with van der Waals surface area (Å²) in [5.74, 6) is 1.62. The summed E-state index contributed by atoms with van der Waals surface area (Å²) < 4.78 is 6.92. The summed E-state index contributed by atoms with van der Waals surface area (Å²) in [5, 5.41) is 8.93. The third kappa shape index (κ3) is 4.90. The van der Waals surface area contributed by atoms with Gasteiger partial charge in [0.2, 0.25) is 0 Å². The van der Waals surface area contributed by atoms with Gasteiger partial charge < -0.3 is 14.7 Å². The molecule has 0 spiro atoms. The van der Waals surface area contributed by atoms with Crippen LogP contribution in [0, 0.1) is 12.8 Å². The number of halogens is 1. The number of unbranched alkanes of at least 4 members (excludes halogenated alkanes) is 1. The number of piperidine rings is 1. The molecular weight excluding hydrogens is 346 g/mol. The lowest BCUT2D eigenvalue weighted by Gasteiger charge is -2.29.